The molecule has 1 heterocycles. The van der Waals surface area contributed by atoms with Crippen molar-refractivity contribution in [2.24, 2.45) is 0 Å². The number of urea groups is 1. The highest BCUT2D eigenvalue weighted by Crippen LogP contribution is 2.42. The minimum atomic E-state index is -0.846. The molecule has 1 aliphatic heterocycles. The SMILES string of the molecule is O=C(O)CCC(Cc1ccccc1)NC(=O)NC1CCOC2(CCC2)C1. The van der Waals surface area contributed by atoms with Crippen molar-refractivity contribution in [3.63, 3.8) is 0 Å². The molecule has 6 nitrogen and oxygen atoms in total. The van der Waals surface area contributed by atoms with E-state index >= 15 is 0 Å². The molecule has 1 saturated heterocycles. The van der Waals surface area contributed by atoms with Gasteiger partial charge in [0.15, 0.2) is 0 Å². The fraction of sp³-hybridized carbons (Fsp3) is 0.600. The molecule has 2 atom stereocenters. The fourth-order valence-corrected chi connectivity index (χ4v) is 3.90. The minimum Gasteiger partial charge on any atom is -0.481 e. The zero-order valence-electron chi connectivity index (χ0n) is 15.1. The number of benzene rings is 1. The molecule has 0 aromatic heterocycles. The lowest BCUT2D eigenvalue weighted by Gasteiger charge is -2.47. The van der Waals surface area contributed by atoms with E-state index in [9.17, 15) is 9.59 Å². The van der Waals surface area contributed by atoms with Crippen LogP contribution in [0.15, 0.2) is 30.3 Å². The molecule has 3 N–H and O–H groups in total. The Kier molecular flexibility index (Phi) is 6.14. The monoisotopic (exact) mass is 360 g/mol. The van der Waals surface area contributed by atoms with Crippen LogP contribution >= 0.6 is 0 Å². The van der Waals surface area contributed by atoms with Crippen LogP contribution in [0.3, 0.4) is 0 Å². The number of hydrogen-bond donors (Lipinski definition) is 3. The first-order valence-corrected chi connectivity index (χ1v) is 9.51. The van der Waals surface area contributed by atoms with Gasteiger partial charge in [-0.25, -0.2) is 4.79 Å². The first-order chi connectivity index (χ1) is 12.5. The Morgan fingerprint density at radius 1 is 1.27 bits per heavy atom. The Morgan fingerprint density at radius 2 is 2.04 bits per heavy atom. The molecule has 142 valence electrons. The molecule has 1 aromatic rings. The molecule has 3 rings (SSSR count). The van der Waals surface area contributed by atoms with Crippen LogP contribution in [-0.2, 0) is 16.0 Å². The second-order valence-corrected chi connectivity index (χ2v) is 7.51. The normalized spacial score (nSPS) is 22.2. The Balaban J connectivity index is 1.52. The van der Waals surface area contributed by atoms with Gasteiger partial charge in [-0.15, -0.1) is 0 Å². The largest absolute Gasteiger partial charge is 0.481 e. The number of rotatable bonds is 7. The van der Waals surface area contributed by atoms with Gasteiger partial charge in [0.1, 0.15) is 0 Å². The summed E-state index contributed by atoms with van der Waals surface area (Å²) in [4.78, 5) is 23.4. The number of amides is 2. The average Bonchev–Trinajstić information content (AvgIpc) is 2.59. The number of carboxylic acid groups (broad SMARTS) is 1. The minimum absolute atomic E-state index is 0.0110. The van der Waals surface area contributed by atoms with E-state index in [-0.39, 0.29) is 30.1 Å². The smallest absolute Gasteiger partial charge is 0.315 e. The molecule has 0 bridgehead atoms. The first-order valence-electron chi connectivity index (χ1n) is 9.51. The van der Waals surface area contributed by atoms with Gasteiger partial charge < -0.3 is 20.5 Å². The lowest BCUT2D eigenvalue weighted by Crippen LogP contribution is -2.54. The van der Waals surface area contributed by atoms with Gasteiger partial charge >= 0.3 is 12.0 Å². The van der Waals surface area contributed by atoms with Crippen molar-refractivity contribution in [2.75, 3.05) is 6.61 Å². The highest BCUT2D eigenvalue weighted by molar-refractivity contribution is 5.74. The van der Waals surface area contributed by atoms with E-state index in [0.717, 1.165) is 31.2 Å². The van der Waals surface area contributed by atoms with Crippen molar-refractivity contribution in [3.8, 4) is 0 Å². The molecule has 2 fully saturated rings. The molecule has 2 aliphatic rings. The number of carboxylic acids is 1. The highest BCUT2D eigenvalue weighted by atomic mass is 16.5. The van der Waals surface area contributed by atoms with E-state index in [1.807, 2.05) is 30.3 Å². The van der Waals surface area contributed by atoms with E-state index < -0.39 is 5.97 Å². The van der Waals surface area contributed by atoms with E-state index in [1.54, 1.807) is 0 Å². The topological polar surface area (TPSA) is 87.7 Å². The van der Waals surface area contributed by atoms with Gasteiger partial charge in [-0.2, -0.15) is 0 Å². The van der Waals surface area contributed by atoms with Gasteiger partial charge in [0.25, 0.3) is 0 Å². The third kappa shape index (κ3) is 5.21. The van der Waals surface area contributed by atoms with E-state index in [2.05, 4.69) is 10.6 Å². The summed E-state index contributed by atoms with van der Waals surface area (Å²) >= 11 is 0. The van der Waals surface area contributed by atoms with Gasteiger partial charge in [0.2, 0.25) is 0 Å². The third-order valence-corrected chi connectivity index (χ3v) is 5.46. The van der Waals surface area contributed by atoms with Crippen molar-refractivity contribution in [2.45, 2.75) is 69.1 Å². The molecule has 1 aliphatic carbocycles. The van der Waals surface area contributed by atoms with Crippen LogP contribution in [0.4, 0.5) is 4.79 Å². The maximum absolute atomic E-state index is 12.5. The molecule has 0 radical (unpaired) electrons. The number of carbonyl (C=O) groups excluding carboxylic acids is 1. The fourth-order valence-electron chi connectivity index (χ4n) is 3.90. The van der Waals surface area contributed by atoms with Gasteiger partial charge in [0.05, 0.1) is 5.60 Å². The summed E-state index contributed by atoms with van der Waals surface area (Å²) in [6, 6.07) is 9.54. The van der Waals surface area contributed by atoms with Gasteiger partial charge in [-0.1, -0.05) is 30.3 Å². The third-order valence-electron chi connectivity index (χ3n) is 5.46. The molecule has 6 heteroatoms. The number of nitrogens with one attached hydrogen (secondary N) is 2. The van der Waals surface area contributed by atoms with Crippen LogP contribution in [0.2, 0.25) is 0 Å². The zero-order chi connectivity index (χ0) is 18.4. The number of aliphatic carboxylic acids is 1. The first kappa shape index (κ1) is 18.7. The summed E-state index contributed by atoms with van der Waals surface area (Å²) in [6.07, 6.45) is 6.15. The van der Waals surface area contributed by atoms with E-state index in [4.69, 9.17) is 9.84 Å². The van der Waals surface area contributed by atoms with E-state index in [1.165, 1.54) is 6.42 Å². The summed E-state index contributed by atoms with van der Waals surface area (Å²) in [6.45, 7) is 0.692. The van der Waals surface area contributed by atoms with Crippen LogP contribution < -0.4 is 10.6 Å². The van der Waals surface area contributed by atoms with E-state index in [0.29, 0.717) is 19.4 Å². The van der Waals surface area contributed by atoms with Crippen molar-refractivity contribution in [1.82, 2.24) is 10.6 Å². The molecule has 2 amide bonds. The van der Waals surface area contributed by atoms with Crippen LogP contribution in [0, 0.1) is 0 Å². The molecule has 2 unspecified atom stereocenters. The van der Waals surface area contributed by atoms with Crippen LogP contribution in [0.5, 0.6) is 0 Å². The molecule has 1 saturated carbocycles. The van der Waals surface area contributed by atoms with Crippen molar-refractivity contribution >= 4 is 12.0 Å². The van der Waals surface area contributed by atoms with Crippen LogP contribution in [0.25, 0.3) is 0 Å². The Bertz CT molecular complexity index is 615. The zero-order valence-corrected chi connectivity index (χ0v) is 15.1. The van der Waals surface area contributed by atoms with Gasteiger partial charge in [0, 0.05) is 25.1 Å². The average molecular weight is 360 g/mol. The number of hydrogen-bond acceptors (Lipinski definition) is 3. The molecule has 1 aromatic carbocycles. The van der Waals surface area contributed by atoms with Crippen molar-refractivity contribution < 1.29 is 19.4 Å². The van der Waals surface area contributed by atoms with Crippen LogP contribution in [0.1, 0.15) is 50.5 Å². The predicted octanol–water partition coefficient (Wildman–Crippen LogP) is 2.86. The lowest BCUT2D eigenvalue weighted by molar-refractivity contribution is -0.137. The maximum atomic E-state index is 12.5. The van der Waals surface area contributed by atoms with Gasteiger partial charge in [-0.05, 0) is 50.5 Å². The number of ether oxygens (including phenoxy) is 1. The Hall–Kier alpha value is -2.08. The summed E-state index contributed by atoms with van der Waals surface area (Å²) < 4.78 is 5.90. The summed E-state index contributed by atoms with van der Waals surface area (Å²) in [5.41, 5.74) is 1.07. The Morgan fingerprint density at radius 3 is 2.69 bits per heavy atom. The van der Waals surface area contributed by atoms with Crippen molar-refractivity contribution in [3.05, 3.63) is 35.9 Å². The maximum Gasteiger partial charge on any atom is 0.315 e. The molecular formula is C20H28N2O4. The molecule has 26 heavy (non-hydrogen) atoms. The Labute approximate surface area is 154 Å². The summed E-state index contributed by atoms with van der Waals surface area (Å²) in [7, 11) is 0. The lowest BCUT2D eigenvalue weighted by atomic mass is 9.74. The van der Waals surface area contributed by atoms with Crippen LogP contribution in [-0.4, -0.2) is 41.4 Å². The van der Waals surface area contributed by atoms with Gasteiger partial charge in [-0.3, -0.25) is 4.79 Å². The second-order valence-electron chi connectivity index (χ2n) is 7.51. The van der Waals surface area contributed by atoms with Crippen molar-refractivity contribution in [1.29, 1.82) is 0 Å². The second kappa shape index (κ2) is 8.54. The summed E-state index contributed by atoms with van der Waals surface area (Å²) in [5.74, 6) is -0.846. The highest BCUT2D eigenvalue weighted by Gasteiger charge is 2.42. The standard InChI is InChI=1S/C20H28N2O4/c23-18(24)8-7-16(13-15-5-2-1-3-6-15)21-19(25)22-17-9-12-26-20(14-17)10-4-11-20/h1-3,5-6,16-17H,4,7-14H2,(H,23,24)(H2,21,22,25). The number of carbonyl (C=O) groups is 2. The predicted molar refractivity (Wildman–Crippen MR) is 98.0 cm³/mol. The molecule has 1 spiro atoms. The quantitative estimate of drug-likeness (QED) is 0.698. The summed E-state index contributed by atoms with van der Waals surface area (Å²) in [5, 5.41) is 15.0. The molecular weight excluding hydrogens is 332 g/mol.